The number of rotatable bonds is 1. The quantitative estimate of drug-likeness (QED) is 0.817. The molecule has 0 amide bonds. The predicted molar refractivity (Wildman–Crippen MR) is 64.3 cm³/mol. The average molecular weight is 252 g/mol. The van der Waals surface area contributed by atoms with Crippen LogP contribution in [0.1, 0.15) is 26.3 Å². The second-order valence-electron chi connectivity index (χ2n) is 5.18. The van der Waals surface area contributed by atoms with Crippen molar-refractivity contribution in [1.29, 1.82) is 0 Å². The molecule has 0 fully saturated rings. The van der Waals surface area contributed by atoms with Crippen LogP contribution in [0, 0.1) is 11.6 Å². The van der Waals surface area contributed by atoms with Crippen molar-refractivity contribution in [2.45, 2.75) is 26.2 Å². The number of halogens is 2. The lowest BCUT2D eigenvalue weighted by Crippen LogP contribution is -2.15. The van der Waals surface area contributed by atoms with Crippen molar-refractivity contribution in [3.05, 3.63) is 35.7 Å². The molecule has 2 rings (SSSR count). The van der Waals surface area contributed by atoms with Crippen molar-refractivity contribution in [1.82, 2.24) is 10.2 Å². The molecule has 96 valence electrons. The summed E-state index contributed by atoms with van der Waals surface area (Å²) < 4.78 is 28.1. The lowest BCUT2D eigenvalue weighted by molar-refractivity contribution is 0.411. The Morgan fingerprint density at radius 2 is 1.89 bits per heavy atom. The van der Waals surface area contributed by atoms with Gasteiger partial charge < -0.3 is 5.11 Å². The van der Waals surface area contributed by atoms with E-state index in [9.17, 15) is 13.9 Å². The average Bonchev–Trinajstić information content (AvgIpc) is 2.74. The molecule has 1 heterocycles. The Bertz CT molecular complexity index is 572. The first kappa shape index (κ1) is 12.5. The van der Waals surface area contributed by atoms with Gasteiger partial charge in [-0.15, -0.1) is 0 Å². The fraction of sp³-hybridized carbons (Fsp3) is 0.308. The van der Waals surface area contributed by atoms with Gasteiger partial charge in [0.15, 0.2) is 11.6 Å². The molecule has 2 aromatic rings. The summed E-state index contributed by atoms with van der Waals surface area (Å²) in [5.74, 6) is -2.24. The van der Waals surface area contributed by atoms with Gasteiger partial charge in [0.1, 0.15) is 5.75 Å². The molecule has 0 aliphatic heterocycles. The van der Waals surface area contributed by atoms with Crippen LogP contribution in [0.4, 0.5) is 8.78 Å². The minimum Gasteiger partial charge on any atom is -0.508 e. The van der Waals surface area contributed by atoms with E-state index in [2.05, 4.69) is 10.2 Å². The van der Waals surface area contributed by atoms with Gasteiger partial charge in [-0.05, 0) is 11.5 Å². The summed E-state index contributed by atoms with van der Waals surface area (Å²) in [6, 6.07) is 1.23. The number of benzene rings is 1. The first-order valence-electron chi connectivity index (χ1n) is 5.53. The van der Waals surface area contributed by atoms with Crippen LogP contribution in [0.3, 0.4) is 0 Å². The molecule has 0 bridgehead atoms. The first-order chi connectivity index (χ1) is 8.32. The first-order valence-corrected chi connectivity index (χ1v) is 5.53. The molecule has 5 heteroatoms. The van der Waals surface area contributed by atoms with E-state index in [1.54, 1.807) is 20.8 Å². The van der Waals surface area contributed by atoms with Gasteiger partial charge in [0.25, 0.3) is 0 Å². The van der Waals surface area contributed by atoms with Gasteiger partial charge in [-0.1, -0.05) is 20.8 Å². The maximum Gasteiger partial charge on any atom is 0.167 e. The Morgan fingerprint density at radius 3 is 2.39 bits per heavy atom. The topological polar surface area (TPSA) is 48.9 Å². The maximum atomic E-state index is 14.0. The number of aromatic amines is 1. The smallest absolute Gasteiger partial charge is 0.167 e. The number of phenolic OH excluding ortho intramolecular Hbond substituents is 1. The Balaban J connectivity index is 2.70. The highest BCUT2D eigenvalue weighted by molar-refractivity contribution is 5.66. The Hall–Kier alpha value is -1.91. The highest BCUT2D eigenvalue weighted by Gasteiger charge is 2.27. The number of H-pyrrole nitrogens is 1. The number of aromatic hydroxyl groups is 1. The zero-order valence-electron chi connectivity index (χ0n) is 10.4. The van der Waals surface area contributed by atoms with E-state index in [1.165, 1.54) is 18.5 Å². The van der Waals surface area contributed by atoms with Crippen LogP contribution < -0.4 is 0 Å². The van der Waals surface area contributed by atoms with Gasteiger partial charge in [0, 0.05) is 22.9 Å². The number of hydrogen-bond acceptors (Lipinski definition) is 2. The van der Waals surface area contributed by atoms with Gasteiger partial charge in [0.2, 0.25) is 0 Å². The van der Waals surface area contributed by atoms with Crippen molar-refractivity contribution in [3.8, 4) is 16.9 Å². The van der Waals surface area contributed by atoms with Crippen molar-refractivity contribution in [3.63, 3.8) is 0 Å². The maximum absolute atomic E-state index is 14.0. The third-order valence-electron chi connectivity index (χ3n) is 2.75. The summed E-state index contributed by atoms with van der Waals surface area (Å²) in [5, 5.41) is 16.1. The molecule has 0 spiro atoms. The van der Waals surface area contributed by atoms with Crippen LogP contribution in [0.2, 0.25) is 0 Å². The zero-order chi connectivity index (χ0) is 13.5. The van der Waals surface area contributed by atoms with E-state index >= 15 is 0 Å². The van der Waals surface area contributed by atoms with Gasteiger partial charge in [0.05, 0.1) is 6.20 Å². The molecule has 0 aliphatic carbocycles. The molecule has 0 radical (unpaired) electrons. The molecular weight excluding hydrogens is 238 g/mol. The minimum absolute atomic E-state index is 0.00764. The number of aromatic nitrogens is 2. The second kappa shape index (κ2) is 4.08. The predicted octanol–water partition coefficient (Wildman–Crippen LogP) is 3.36. The molecule has 18 heavy (non-hydrogen) atoms. The lowest BCUT2D eigenvalue weighted by Gasteiger charge is -2.22. The summed E-state index contributed by atoms with van der Waals surface area (Å²) in [6.07, 6.45) is 2.81. The van der Waals surface area contributed by atoms with Crippen LogP contribution in [0.5, 0.6) is 5.75 Å². The zero-order valence-corrected chi connectivity index (χ0v) is 10.4. The van der Waals surface area contributed by atoms with Crippen molar-refractivity contribution < 1.29 is 13.9 Å². The van der Waals surface area contributed by atoms with Crippen molar-refractivity contribution in [2.75, 3.05) is 0 Å². The van der Waals surface area contributed by atoms with E-state index in [0.717, 1.165) is 0 Å². The second-order valence-corrected chi connectivity index (χ2v) is 5.18. The van der Waals surface area contributed by atoms with Crippen LogP contribution in [-0.2, 0) is 5.41 Å². The Morgan fingerprint density at radius 1 is 1.22 bits per heavy atom. The molecule has 1 aromatic carbocycles. The van der Waals surface area contributed by atoms with Crippen LogP contribution in [-0.4, -0.2) is 15.3 Å². The van der Waals surface area contributed by atoms with Crippen LogP contribution in [0.25, 0.3) is 11.1 Å². The summed E-state index contributed by atoms with van der Waals surface area (Å²) in [5.41, 5.74) is -0.314. The Labute approximate surface area is 103 Å². The van der Waals surface area contributed by atoms with Gasteiger partial charge in [-0.3, -0.25) is 5.10 Å². The number of phenols is 1. The standard InChI is InChI=1S/C13H14F2N2O/c1-13(2,3)10-9(18)4-8(11(14)12(10)15)7-5-16-17-6-7/h4-6,18H,1-3H3,(H,16,17). The lowest BCUT2D eigenvalue weighted by atomic mass is 9.84. The highest BCUT2D eigenvalue weighted by Crippen LogP contribution is 2.38. The highest BCUT2D eigenvalue weighted by atomic mass is 19.2. The fourth-order valence-corrected chi connectivity index (χ4v) is 1.93. The molecule has 0 saturated carbocycles. The normalized spacial score (nSPS) is 11.8. The summed E-state index contributed by atoms with van der Waals surface area (Å²) in [6.45, 7) is 5.13. The SMILES string of the molecule is CC(C)(C)c1c(O)cc(-c2cn[nH]c2)c(F)c1F. The third-order valence-corrected chi connectivity index (χ3v) is 2.75. The molecule has 1 aromatic heterocycles. The van der Waals surface area contributed by atoms with E-state index in [0.29, 0.717) is 5.56 Å². The molecule has 2 N–H and O–H groups in total. The van der Waals surface area contributed by atoms with Gasteiger partial charge in [-0.2, -0.15) is 5.10 Å². The number of nitrogens with zero attached hydrogens (tertiary/aromatic N) is 1. The fourth-order valence-electron chi connectivity index (χ4n) is 1.93. The number of nitrogens with one attached hydrogen (secondary N) is 1. The van der Waals surface area contributed by atoms with E-state index in [4.69, 9.17) is 0 Å². The third kappa shape index (κ3) is 1.96. The van der Waals surface area contributed by atoms with E-state index in [-0.39, 0.29) is 16.9 Å². The van der Waals surface area contributed by atoms with E-state index in [1.807, 2.05) is 0 Å². The van der Waals surface area contributed by atoms with Crippen LogP contribution >= 0.6 is 0 Å². The van der Waals surface area contributed by atoms with Crippen molar-refractivity contribution in [2.24, 2.45) is 0 Å². The minimum atomic E-state index is -1.02. The Kier molecular flexibility index (Phi) is 2.84. The summed E-state index contributed by atoms with van der Waals surface area (Å²) in [4.78, 5) is 0. The van der Waals surface area contributed by atoms with Gasteiger partial charge in [-0.25, -0.2) is 8.78 Å². The molecule has 3 nitrogen and oxygen atoms in total. The molecule has 0 saturated heterocycles. The molecule has 0 unspecified atom stereocenters. The monoisotopic (exact) mass is 252 g/mol. The van der Waals surface area contributed by atoms with Gasteiger partial charge >= 0.3 is 0 Å². The summed E-state index contributed by atoms with van der Waals surface area (Å²) >= 11 is 0. The number of hydrogen-bond donors (Lipinski definition) is 2. The summed E-state index contributed by atoms with van der Waals surface area (Å²) in [7, 11) is 0. The largest absolute Gasteiger partial charge is 0.508 e. The molecule has 0 atom stereocenters. The molecule has 0 aliphatic rings. The van der Waals surface area contributed by atoms with Crippen molar-refractivity contribution >= 4 is 0 Å². The van der Waals surface area contributed by atoms with Crippen LogP contribution in [0.15, 0.2) is 18.5 Å². The van der Waals surface area contributed by atoms with E-state index < -0.39 is 17.0 Å². The molecular formula is C13H14F2N2O.